The van der Waals surface area contributed by atoms with Crippen molar-refractivity contribution < 1.29 is 0 Å². The molecule has 2 rings (SSSR count). The highest BCUT2D eigenvalue weighted by atomic mass is 32.2. The first-order valence-corrected chi connectivity index (χ1v) is 5.51. The van der Waals surface area contributed by atoms with Crippen molar-refractivity contribution in [2.24, 2.45) is 0 Å². The number of rotatable bonds is 2. The average Bonchev–Trinajstić information content (AvgIpc) is 2.34. The lowest BCUT2D eigenvalue weighted by molar-refractivity contribution is 0.976. The number of hydrogen-bond acceptors (Lipinski definition) is 4. The predicted octanol–water partition coefficient (Wildman–Crippen LogP) is 1.09. The fourth-order valence-corrected chi connectivity index (χ4v) is 1.99. The van der Waals surface area contributed by atoms with Gasteiger partial charge in [0.05, 0.1) is 16.5 Å². The molecular formula is C11H7N3O2S. The van der Waals surface area contributed by atoms with Gasteiger partial charge in [-0.2, -0.15) is 5.26 Å². The van der Waals surface area contributed by atoms with Crippen LogP contribution in [0.2, 0.25) is 0 Å². The Bertz CT molecular complexity index is 679. The lowest BCUT2D eigenvalue weighted by Crippen LogP contribution is -2.22. The smallest absolute Gasteiger partial charge is 0.313 e. The van der Waals surface area contributed by atoms with Crippen LogP contribution in [0.3, 0.4) is 0 Å². The van der Waals surface area contributed by atoms with Crippen LogP contribution in [0, 0.1) is 11.3 Å². The molecule has 84 valence electrons. The molecule has 17 heavy (non-hydrogen) atoms. The third-order valence-corrected chi connectivity index (χ3v) is 3.03. The maximum Gasteiger partial charge on any atom is 0.325 e. The molecule has 0 atom stereocenters. The summed E-state index contributed by atoms with van der Waals surface area (Å²) >= 11 is 1.22. The van der Waals surface area contributed by atoms with Crippen molar-refractivity contribution >= 4 is 11.8 Å². The van der Waals surface area contributed by atoms with Gasteiger partial charge in [-0.3, -0.25) is 9.78 Å². The normalized spacial score (nSPS) is 9.82. The van der Waals surface area contributed by atoms with Crippen LogP contribution in [0.4, 0.5) is 0 Å². The van der Waals surface area contributed by atoms with E-state index in [1.807, 2.05) is 6.07 Å². The third kappa shape index (κ3) is 2.65. The van der Waals surface area contributed by atoms with Crippen molar-refractivity contribution in [1.29, 1.82) is 5.26 Å². The molecule has 6 heteroatoms. The van der Waals surface area contributed by atoms with Gasteiger partial charge in [-0.05, 0) is 24.3 Å². The molecule has 1 heterocycles. The Kier molecular flexibility index (Phi) is 3.12. The fourth-order valence-electron chi connectivity index (χ4n) is 1.20. The van der Waals surface area contributed by atoms with Gasteiger partial charge >= 0.3 is 5.69 Å². The van der Waals surface area contributed by atoms with Crippen LogP contribution in [0.15, 0.2) is 49.8 Å². The Morgan fingerprint density at radius 3 is 2.47 bits per heavy atom. The highest BCUT2D eigenvalue weighted by molar-refractivity contribution is 7.99. The second kappa shape index (κ2) is 4.72. The summed E-state index contributed by atoms with van der Waals surface area (Å²) in [5.74, 6) is 0. The van der Waals surface area contributed by atoms with Crippen molar-refractivity contribution in [3.05, 3.63) is 56.9 Å². The second-order valence-corrected chi connectivity index (χ2v) is 4.29. The van der Waals surface area contributed by atoms with Crippen LogP contribution in [0.1, 0.15) is 5.56 Å². The SMILES string of the molecule is N#Cc1ccc(Sc2c[nH]c(=O)[nH]c2=O)cc1. The summed E-state index contributed by atoms with van der Waals surface area (Å²) in [6.07, 6.45) is 1.37. The molecule has 0 fully saturated rings. The van der Waals surface area contributed by atoms with Crippen molar-refractivity contribution in [1.82, 2.24) is 9.97 Å². The Morgan fingerprint density at radius 2 is 1.88 bits per heavy atom. The van der Waals surface area contributed by atoms with Gasteiger partial charge in [0.15, 0.2) is 0 Å². The number of benzene rings is 1. The van der Waals surface area contributed by atoms with Crippen molar-refractivity contribution in [3.63, 3.8) is 0 Å². The van der Waals surface area contributed by atoms with E-state index < -0.39 is 11.2 Å². The minimum atomic E-state index is -0.529. The maximum absolute atomic E-state index is 11.4. The van der Waals surface area contributed by atoms with Crippen LogP contribution in [-0.4, -0.2) is 9.97 Å². The number of nitrogens with zero attached hydrogens (tertiary/aromatic N) is 1. The Morgan fingerprint density at radius 1 is 1.18 bits per heavy atom. The van der Waals surface area contributed by atoms with E-state index >= 15 is 0 Å². The molecule has 2 N–H and O–H groups in total. The summed E-state index contributed by atoms with van der Waals surface area (Å²) in [4.78, 5) is 28.0. The van der Waals surface area contributed by atoms with Crippen LogP contribution in [0.25, 0.3) is 0 Å². The molecule has 1 aromatic carbocycles. The highest BCUT2D eigenvalue weighted by Crippen LogP contribution is 2.23. The van der Waals surface area contributed by atoms with Crippen LogP contribution in [0.5, 0.6) is 0 Å². The van der Waals surface area contributed by atoms with E-state index in [1.54, 1.807) is 24.3 Å². The second-order valence-electron chi connectivity index (χ2n) is 3.17. The molecule has 0 unspecified atom stereocenters. The van der Waals surface area contributed by atoms with E-state index in [9.17, 15) is 9.59 Å². The van der Waals surface area contributed by atoms with E-state index in [-0.39, 0.29) is 0 Å². The zero-order valence-electron chi connectivity index (χ0n) is 8.56. The standard InChI is InChI=1S/C11H7N3O2S/c12-5-7-1-3-8(4-2-7)17-9-6-13-11(16)14-10(9)15/h1-4,6H,(H2,13,14,15,16). The third-order valence-electron chi connectivity index (χ3n) is 2.00. The number of nitrogens with one attached hydrogen (secondary N) is 2. The quantitative estimate of drug-likeness (QED) is 0.828. The lowest BCUT2D eigenvalue weighted by Gasteiger charge is -1.99. The summed E-state index contributed by atoms with van der Waals surface area (Å²) in [5, 5.41) is 8.64. The molecule has 0 aliphatic heterocycles. The zero-order chi connectivity index (χ0) is 12.3. The van der Waals surface area contributed by atoms with E-state index in [2.05, 4.69) is 9.97 Å². The Balaban J connectivity index is 2.29. The van der Waals surface area contributed by atoms with Gasteiger partial charge in [0.1, 0.15) is 0 Å². The summed E-state index contributed by atoms with van der Waals surface area (Å²) in [6.45, 7) is 0. The first kappa shape index (κ1) is 11.2. The predicted molar refractivity (Wildman–Crippen MR) is 63.0 cm³/mol. The van der Waals surface area contributed by atoms with Gasteiger partial charge < -0.3 is 4.98 Å². The van der Waals surface area contributed by atoms with E-state index in [4.69, 9.17) is 5.26 Å². The van der Waals surface area contributed by atoms with Gasteiger partial charge in [0.25, 0.3) is 5.56 Å². The van der Waals surface area contributed by atoms with E-state index in [0.717, 1.165) is 4.90 Å². The number of aromatic nitrogens is 2. The summed E-state index contributed by atoms with van der Waals surface area (Å²) in [5.41, 5.74) is -0.396. The molecule has 2 aromatic rings. The van der Waals surface area contributed by atoms with Gasteiger partial charge in [0.2, 0.25) is 0 Å². The van der Waals surface area contributed by atoms with Crippen molar-refractivity contribution in [3.8, 4) is 6.07 Å². The monoisotopic (exact) mass is 245 g/mol. The molecule has 0 spiro atoms. The highest BCUT2D eigenvalue weighted by Gasteiger charge is 2.02. The summed E-state index contributed by atoms with van der Waals surface area (Å²) in [6, 6.07) is 8.84. The molecule has 0 bridgehead atoms. The number of H-pyrrole nitrogens is 2. The summed E-state index contributed by atoms with van der Waals surface area (Å²) in [7, 11) is 0. The van der Waals surface area contributed by atoms with Gasteiger partial charge in [-0.15, -0.1) is 0 Å². The number of nitriles is 1. The van der Waals surface area contributed by atoms with Gasteiger partial charge in [-0.25, -0.2) is 4.79 Å². The largest absolute Gasteiger partial charge is 0.325 e. The minimum absolute atomic E-state index is 0.398. The molecule has 0 amide bonds. The maximum atomic E-state index is 11.4. The zero-order valence-corrected chi connectivity index (χ0v) is 9.38. The Labute approximate surface area is 100 Å². The van der Waals surface area contributed by atoms with Crippen LogP contribution < -0.4 is 11.2 Å². The summed E-state index contributed by atoms with van der Waals surface area (Å²) < 4.78 is 0. The first-order chi connectivity index (χ1) is 8.19. The average molecular weight is 245 g/mol. The van der Waals surface area contributed by atoms with Crippen molar-refractivity contribution in [2.75, 3.05) is 0 Å². The van der Waals surface area contributed by atoms with Gasteiger partial charge in [0, 0.05) is 11.1 Å². The van der Waals surface area contributed by atoms with E-state index in [1.165, 1.54) is 18.0 Å². The molecule has 0 radical (unpaired) electrons. The topological polar surface area (TPSA) is 89.5 Å². The molecule has 0 aliphatic rings. The molecular weight excluding hydrogens is 238 g/mol. The van der Waals surface area contributed by atoms with Crippen LogP contribution in [-0.2, 0) is 0 Å². The minimum Gasteiger partial charge on any atom is -0.313 e. The molecule has 5 nitrogen and oxygen atoms in total. The number of aromatic amines is 2. The van der Waals surface area contributed by atoms with E-state index in [0.29, 0.717) is 10.5 Å². The van der Waals surface area contributed by atoms with Crippen LogP contribution >= 0.6 is 11.8 Å². The molecule has 0 saturated heterocycles. The van der Waals surface area contributed by atoms with Gasteiger partial charge in [-0.1, -0.05) is 11.8 Å². The van der Waals surface area contributed by atoms with Crippen molar-refractivity contribution in [2.45, 2.75) is 9.79 Å². The molecule has 0 aliphatic carbocycles. The number of hydrogen-bond donors (Lipinski definition) is 2. The lowest BCUT2D eigenvalue weighted by atomic mass is 10.2. The Hall–Kier alpha value is -2.26. The molecule has 1 aromatic heterocycles. The first-order valence-electron chi connectivity index (χ1n) is 4.69. The molecule has 0 saturated carbocycles. The fraction of sp³-hybridized carbons (Fsp3) is 0.